The van der Waals surface area contributed by atoms with Crippen LogP contribution in [0.5, 0.6) is 0 Å². The standard InChI is InChI=1S/C21H31FN6O/c1-27(2)19(29)12-24-21(26-18-11-14-5-6-15(18)10-14)25-16-7-9-28(13-16)20-17(22)4-3-8-23-20/h3-4,8,14-16,18H,5-7,9-13H2,1-2H3,(H2,24,25,26). The lowest BCUT2D eigenvalue weighted by Crippen LogP contribution is -2.50. The van der Waals surface area contributed by atoms with E-state index in [2.05, 4.69) is 20.6 Å². The smallest absolute Gasteiger partial charge is 0.243 e. The van der Waals surface area contributed by atoms with E-state index in [1.54, 1.807) is 31.3 Å². The maximum atomic E-state index is 14.1. The van der Waals surface area contributed by atoms with Crippen LogP contribution in [0.3, 0.4) is 0 Å². The first-order chi connectivity index (χ1) is 14.0. The Kier molecular flexibility index (Phi) is 5.87. The Morgan fingerprint density at radius 1 is 1.31 bits per heavy atom. The quantitative estimate of drug-likeness (QED) is 0.578. The van der Waals surface area contributed by atoms with Crippen LogP contribution in [0, 0.1) is 17.7 Å². The van der Waals surface area contributed by atoms with E-state index in [4.69, 9.17) is 0 Å². The summed E-state index contributed by atoms with van der Waals surface area (Å²) in [6.45, 7) is 1.52. The van der Waals surface area contributed by atoms with Gasteiger partial charge < -0.3 is 20.4 Å². The van der Waals surface area contributed by atoms with Gasteiger partial charge in [0.15, 0.2) is 17.6 Å². The molecule has 0 spiro atoms. The van der Waals surface area contributed by atoms with Gasteiger partial charge in [-0.3, -0.25) is 4.79 Å². The average molecular weight is 403 g/mol. The Balaban J connectivity index is 1.40. The van der Waals surface area contributed by atoms with Crippen LogP contribution in [-0.4, -0.2) is 67.6 Å². The maximum Gasteiger partial charge on any atom is 0.243 e. The van der Waals surface area contributed by atoms with Gasteiger partial charge in [-0.1, -0.05) is 6.42 Å². The summed E-state index contributed by atoms with van der Waals surface area (Å²) in [5.74, 6) is 2.32. The number of likely N-dealkylation sites (N-methyl/N-ethyl adjacent to an activating group) is 1. The molecule has 0 radical (unpaired) electrons. The van der Waals surface area contributed by atoms with Gasteiger partial charge in [0.2, 0.25) is 5.91 Å². The Bertz CT molecular complexity index is 769. The predicted octanol–water partition coefficient (Wildman–Crippen LogP) is 1.61. The summed E-state index contributed by atoms with van der Waals surface area (Å²) >= 11 is 0. The van der Waals surface area contributed by atoms with E-state index in [9.17, 15) is 9.18 Å². The first-order valence-corrected chi connectivity index (χ1v) is 10.6. The zero-order valence-electron chi connectivity index (χ0n) is 17.3. The number of nitrogens with zero attached hydrogens (tertiary/aromatic N) is 4. The van der Waals surface area contributed by atoms with Crippen LogP contribution in [-0.2, 0) is 4.79 Å². The number of hydrogen-bond donors (Lipinski definition) is 2. The monoisotopic (exact) mass is 402 g/mol. The molecule has 3 aliphatic rings. The topological polar surface area (TPSA) is 72.9 Å². The summed E-state index contributed by atoms with van der Waals surface area (Å²) in [4.78, 5) is 24.3. The largest absolute Gasteiger partial charge is 0.353 e. The molecule has 4 atom stereocenters. The molecular formula is C21H31FN6O. The molecule has 2 bridgehead atoms. The Morgan fingerprint density at radius 2 is 2.17 bits per heavy atom. The van der Waals surface area contributed by atoms with Crippen LogP contribution in [0.25, 0.3) is 0 Å². The van der Waals surface area contributed by atoms with Gasteiger partial charge in [0.25, 0.3) is 0 Å². The van der Waals surface area contributed by atoms with Gasteiger partial charge in [-0.15, -0.1) is 0 Å². The molecule has 2 saturated carbocycles. The molecule has 3 fully saturated rings. The van der Waals surface area contributed by atoms with Gasteiger partial charge in [-0.05, 0) is 49.7 Å². The number of amides is 1. The van der Waals surface area contributed by atoms with Gasteiger partial charge in [-0.2, -0.15) is 0 Å². The summed E-state index contributed by atoms with van der Waals surface area (Å²) in [7, 11) is 3.48. The molecule has 1 amide bonds. The molecule has 0 aromatic carbocycles. The number of fused-ring (bicyclic) bond motifs is 2. The highest BCUT2D eigenvalue weighted by Gasteiger charge is 2.40. The van der Waals surface area contributed by atoms with Crippen molar-refractivity contribution in [2.45, 2.75) is 44.2 Å². The summed E-state index contributed by atoms with van der Waals surface area (Å²) in [6, 6.07) is 3.62. The molecular weight excluding hydrogens is 371 g/mol. The third-order valence-corrected chi connectivity index (χ3v) is 6.50. The highest BCUT2D eigenvalue weighted by Crippen LogP contribution is 2.44. The summed E-state index contributed by atoms with van der Waals surface area (Å²) in [5.41, 5.74) is 0. The van der Waals surface area contributed by atoms with E-state index in [0.717, 1.165) is 18.9 Å². The minimum absolute atomic E-state index is 0.0253. The van der Waals surface area contributed by atoms with E-state index in [1.165, 1.54) is 31.7 Å². The van der Waals surface area contributed by atoms with Crippen molar-refractivity contribution in [3.05, 3.63) is 24.1 Å². The molecule has 1 aromatic rings. The summed E-state index contributed by atoms with van der Waals surface area (Å²) in [5, 5.41) is 7.09. The molecule has 1 saturated heterocycles. The molecule has 158 valence electrons. The molecule has 2 heterocycles. The fraction of sp³-hybridized carbons (Fsp3) is 0.667. The van der Waals surface area contributed by atoms with Crippen molar-refractivity contribution in [1.82, 2.24) is 20.5 Å². The van der Waals surface area contributed by atoms with Crippen molar-refractivity contribution in [1.29, 1.82) is 0 Å². The lowest BCUT2D eigenvalue weighted by molar-refractivity contribution is -0.127. The number of guanidine groups is 1. The van der Waals surface area contributed by atoms with E-state index in [1.807, 2.05) is 4.90 Å². The third-order valence-electron chi connectivity index (χ3n) is 6.50. The average Bonchev–Trinajstić information content (AvgIpc) is 3.43. The zero-order chi connectivity index (χ0) is 20.4. The second kappa shape index (κ2) is 8.55. The van der Waals surface area contributed by atoms with Crippen molar-refractivity contribution >= 4 is 17.7 Å². The Labute approximate surface area is 171 Å². The van der Waals surface area contributed by atoms with Crippen LogP contribution in [0.4, 0.5) is 10.2 Å². The van der Waals surface area contributed by atoms with Gasteiger partial charge in [-0.25, -0.2) is 14.4 Å². The molecule has 2 aliphatic carbocycles. The van der Waals surface area contributed by atoms with Crippen molar-refractivity contribution in [3.63, 3.8) is 0 Å². The van der Waals surface area contributed by atoms with E-state index < -0.39 is 0 Å². The van der Waals surface area contributed by atoms with E-state index in [-0.39, 0.29) is 24.3 Å². The van der Waals surface area contributed by atoms with Crippen molar-refractivity contribution in [2.24, 2.45) is 16.8 Å². The SMILES string of the molecule is CN(C)C(=O)CN=C(NC1CCN(c2ncccc2F)C1)NC1CC2CCC1C2. The first kappa shape index (κ1) is 19.9. The number of aromatic nitrogens is 1. The molecule has 29 heavy (non-hydrogen) atoms. The highest BCUT2D eigenvalue weighted by atomic mass is 19.1. The number of carbonyl (C=O) groups excluding carboxylic acids is 1. The molecule has 2 N–H and O–H groups in total. The Morgan fingerprint density at radius 3 is 2.86 bits per heavy atom. The molecule has 7 nitrogen and oxygen atoms in total. The van der Waals surface area contributed by atoms with Gasteiger partial charge in [0.1, 0.15) is 6.54 Å². The predicted molar refractivity (Wildman–Crippen MR) is 111 cm³/mol. The minimum atomic E-state index is -0.293. The second-order valence-corrected chi connectivity index (χ2v) is 8.76. The normalized spacial score (nSPS) is 28.7. The lowest BCUT2D eigenvalue weighted by atomic mass is 9.95. The van der Waals surface area contributed by atoms with Crippen LogP contribution >= 0.6 is 0 Å². The second-order valence-electron chi connectivity index (χ2n) is 8.76. The number of hydrogen-bond acceptors (Lipinski definition) is 4. The van der Waals surface area contributed by atoms with Crippen molar-refractivity contribution in [2.75, 3.05) is 38.6 Å². The van der Waals surface area contributed by atoms with Crippen LogP contribution in [0.2, 0.25) is 0 Å². The van der Waals surface area contributed by atoms with Crippen LogP contribution in [0.15, 0.2) is 23.3 Å². The third kappa shape index (κ3) is 4.62. The van der Waals surface area contributed by atoms with E-state index in [0.29, 0.717) is 30.3 Å². The fourth-order valence-electron chi connectivity index (χ4n) is 4.89. The number of rotatable bonds is 5. The Hall–Kier alpha value is -2.38. The maximum absolute atomic E-state index is 14.1. The van der Waals surface area contributed by atoms with Gasteiger partial charge in [0.05, 0.1) is 0 Å². The number of carbonyl (C=O) groups is 1. The van der Waals surface area contributed by atoms with Gasteiger partial charge >= 0.3 is 0 Å². The van der Waals surface area contributed by atoms with Crippen molar-refractivity contribution < 1.29 is 9.18 Å². The summed E-state index contributed by atoms with van der Waals surface area (Å²) < 4.78 is 14.1. The van der Waals surface area contributed by atoms with Crippen molar-refractivity contribution in [3.8, 4) is 0 Å². The summed E-state index contributed by atoms with van der Waals surface area (Å²) in [6.07, 6.45) is 7.60. The van der Waals surface area contributed by atoms with Gasteiger partial charge in [0, 0.05) is 45.5 Å². The number of pyridine rings is 1. The number of aliphatic imine (C=N–C) groups is 1. The number of halogens is 1. The molecule has 4 rings (SSSR count). The zero-order valence-corrected chi connectivity index (χ0v) is 17.3. The number of anilines is 1. The lowest BCUT2D eigenvalue weighted by Gasteiger charge is -2.27. The minimum Gasteiger partial charge on any atom is -0.353 e. The molecule has 1 aliphatic heterocycles. The van der Waals surface area contributed by atoms with E-state index >= 15 is 0 Å². The van der Waals surface area contributed by atoms with Crippen LogP contribution in [0.1, 0.15) is 32.1 Å². The fourth-order valence-corrected chi connectivity index (χ4v) is 4.89. The molecule has 8 heteroatoms. The first-order valence-electron chi connectivity index (χ1n) is 10.6. The van der Waals surface area contributed by atoms with Crippen LogP contribution < -0.4 is 15.5 Å². The number of nitrogens with one attached hydrogen (secondary N) is 2. The molecule has 4 unspecified atom stereocenters. The highest BCUT2D eigenvalue weighted by molar-refractivity contribution is 5.85. The molecule has 1 aromatic heterocycles.